The van der Waals surface area contributed by atoms with Crippen LogP contribution >= 0.6 is 15.9 Å². The van der Waals surface area contributed by atoms with E-state index in [-0.39, 0.29) is 17.0 Å². The lowest BCUT2D eigenvalue weighted by atomic mass is 10.2. The van der Waals surface area contributed by atoms with Crippen molar-refractivity contribution in [1.29, 1.82) is 0 Å². The van der Waals surface area contributed by atoms with E-state index in [9.17, 15) is 4.79 Å². The van der Waals surface area contributed by atoms with Crippen molar-refractivity contribution in [2.75, 3.05) is 11.4 Å². The van der Waals surface area contributed by atoms with Gasteiger partial charge in [-0.25, -0.2) is 0 Å². The fourth-order valence-corrected chi connectivity index (χ4v) is 3.98. The lowest BCUT2D eigenvalue weighted by molar-refractivity contribution is -0.117. The molecule has 0 radical (unpaired) electrons. The van der Waals surface area contributed by atoms with E-state index in [4.69, 9.17) is 4.43 Å². The molecule has 1 saturated heterocycles. The van der Waals surface area contributed by atoms with Crippen molar-refractivity contribution in [3.63, 3.8) is 0 Å². The monoisotopic (exact) mass is 383 g/mol. The molecule has 1 heterocycles. The molecule has 0 saturated carbocycles. The summed E-state index contributed by atoms with van der Waals surface area (Å²) in [5.74, 6) is 0.158. The Morgan fingerprint density at radius 3 is 2.50 bits per heavy atom. The molecule has 1 fully saturated rings. The summed E-state index contributed by atoms with van der Waals surface area (Å²) in [6.07, 6.45) is 0.499. The van der Waals surface area contributed by atoms with E-state index in [0.717, 1.165) is 15.7 Å². The highest BCUT2D eigenvalue weighted by Crippen LogP contribution is 2.39. The number of amides is 1. The normalized spacial score (nSPS) is 19.9. The summed E-state index contributed by atoms with van der Waals surface area (Å²) in [7, 11) is -1.84. The Morgan fingerprint density at radius 2 is 1.95 bits per heavy atom. The van der Waals surface area contributed by atoms with E-state index < -0.39 is 8.32 Å². The summed E-state index contributed by atoms with van der Waals surface area (Å²) < 4.78 is 7.47. The number of aryl methyl sites for hydroxylation is 1. The molecule has 1 aliphatic rings. The highest BCUT2D eigenvalue weighted by atomic mass is 79.9. The topological polar surface area (TPSA) is 29.5 Å². The van der Waals surface area contributed by atoms with Gasteiger partial charge in [-0.05, 0) is 48.8 Å². The zero-order valence-electron chi connectivity index (χ0n) is 14.4. The average Bonchev–Trinajstić information content (AvgIpc) is 2.71. The van der Waals surface area contributed by atoms with Gasteiger partial charge in [0.25, 0.3) is 0 Å². The molecule has 122 valence electrons. The van der Waals surface area contributed by atoms with E-state index in [2.05, 4.69) is 55.9 Å². The maximum atomic E-state index is 12.4. The molecule has 1 amide bonds. The number of benzene rings is 1. The first-order chi connectivity index (χ1) is 10.0. The first kappa shape index (κ1) is 17.7. The molecule has 1 aromatic carbocycles. The second-order valence-corrected chi connectivity index (χ2v) is 13.3. The van der Waals surface area contributed by atoms with Gasteiger partial charge in [0.2, 0.25) is 5.91 Å². The van der Waals surface area contributed by atoms with Crippen LogP contribution in [0.4, 0.5) is 5.69 Å². The number of carbonyl (C=O) groups excluding carboxylic acids is 1. The molecule has 3 nitrogen and oxygen atoms in total. The van der Waals surface area contributed by atoms with E-state index in [1.54, 1.807) is 0 Å². The summed E-state index contributed by atoms with van der Waals surface area (Å²) in [6.45, 7) is 13.9. The minimum absolute atomic E-state index is 0.0114. The lowest BCUT2D eigenvalue weighted by Crippen LogP contribution is -2.44. The number of rotatable bonds is 3. The van der Waals surface area contributed by atoms with Crippen LogP contribution in [0, 0.1) is 6.92 Å². The smallest absolute Gasteiger partial charge is 0.229 e. The molecule has 1 aromatic rings. The highest BCUT2D eigenvalue weighted by Gasteiger charge is 2.42. The summed E-state index contributed by atoms with van der Waals surface area (Å²) in [5, 5.41) is 0.164. The first-order valence-corrected chi connectivity index (χ1v) is 11.5. The van der Waals surface area contributed by atoms with Crippen LogP contribution < -0.4 is 4.90 Å². The van der Waals surface area contributed by atoms with Crippen molar-refractivity contribution in [2.45, 2.75) is 58.4 Å². The zero-order valence-corrected chi connectivity index (χ0v) is 17.0. The molecule has 2 rings (SSSR count). The summed E-state index contributed by atoms with van der Waals surface area (Å²) in [4.78, 5) is 14.2. The van der Waals surface area contributed by atoms with Crippen LogP contribution in [0.25, 0.3) is 0 Å². The zero-order chi connectivity index (χ0) is 16.7. The lowest BCUT2D eigenvalue weighted by Gasteiger charge is -2.38. The Labute approximate surface area is 143 Å². The van der Waals surface area contributed by atoms with Gasteiger partial charge in [-0.2, -0.15) is 0 Å². The maximum absolute atomic E-state index is 12.4. The molecule has 0 aliphatic carbocycles. The largest absolute Gasteiger partial charge is 0.412 e. The molecular formula is C17H26BrNO2Si. The second kappa shape index (κ2) is 6.10. The minimum Gasteiger partial charge on any atom is -0.412 e. The van der Waals surface area contributed by atoms with Crippen molar-refractivity contribution < 1.29 is 9.22 Å². The molecular weight excluding hydrogens is 358 g/mol. The average molecular weight is 384 g/mol. The molecule has 0 unspecified atom stereocenters. The number of hydrogen-bond acceptors (Lipinski definition) is 2. The van der Waals surface area contributed by atoms with E-state index in [0.29, 0.717) is 13.0 Å². The summed E-state index contributed by atoms with van der Waals surface area (Å²) in [5.41, 5.74) is 2.10. The molecule has 0 aromatic heterocycles. The third-order valence-electron chi connectivity index (χ3n) is 4.81. The number of nitrogens with zero attached hydrogens (tertiary/aromatic N) is 1. The Balaban J connectivity index is 2.13. The number of carbonyl (C=O) groups is 1. The van der Waals surface area contributed by atoms with Crippen molar-refractivity contribution in [1.82, 2.24) is 0 Å². The summed E-state index contributed by atoms with van der Waals surface area (Å²) >= 11 is 3.50. The van der Waals surface area contributed by atoms with Gasteiger partial charge in [-0.1, -0.05) is 36.7 Å². The maximum Gasteiger partial charge on any atom is 0.229 e. The van der Waals surface area contributed by atoms with Gasteiger partial charge in [0.15, 0.2) is 8.32 Å². The molecule has 0 bridgehead atoms. The van der Waals surface area contributed by atoms with E-state index >= 15 is 0 Å². The van der Waals surface area contributed by atoms with Crippen LogP contribution in [-0.2, 0) is 9.22 Å². The van der Waals surface area contributed by atoms with Crippen LogP contribution in [0.5, 0.6) is 0 Å². The van der Waals surface area contributed by atoms with Crippen molar-refractivity contribution in [2.24, 2.45) is 0 Å². The first-order valence-electron chi connectivity index (χ1n) is 7.75. The standard InChI is InChI=1S/C17H26BrNO2Si/c1-12-9-13(7-8-15(12)18)19-11-14(10-16(19)20)21-22(5,6)17(2,3)4/h7-9,14H,10-11H2,1-6H3/t14-/m1/s1. The van der Waals surface area contributed by atoms with Gasteiger partial charge in [-0.15, -0.1) is 0 Å². The van der Waals surface area contributed by atoms with Gasteiger partial charge >= 0.3 is 0 Å². The molecule has 1 aliphatic heterocycles. The van der Waals surface area contributed by atoms with Crippen molar-refractivity contribution in [3.05, 3.63) is 28.2 Å². The number of halogens is 1. The Kier molecular flexibility index (Phi) is 4.90. The van der Waals surface area contributed by atoms with Crippen LogP contribution in [0.3, 0.4) is 0 Å². The number of anilines is 1. The van der Waals surface area contributed by atoms with Gasteiger partial charge in [0.1, 0.15) is 0 Å². The fourth-order valence-electron chi connectivity index (χ4n) is 2.39. The molecule has 22 heavy (non-hydrogen) atoms. The molecule has 0 spiro atoms. The predicted molar refractivity (Wildman–Crippen MR) is 97.9 cm³/mol. The van der Waals surface area contributed by atoms with Gasteiger partial charge in [-0.3, -0.25) is 4.79 Å². The van der Waals surface area contributed by atoms with Gasteiger partial charge in [0, 0.05) is 10.2 Å². The molecule has 5 heteroatoms. The van der Waals surface area contributed by atoms with Crippen molar-refractivity contribution >= 4 is 35.8 Å². The van der Waals surface area contributed by atoms with Crippen LogP contribution in [-0.4, -0.2) is 26.9 Å². The van der Waals surface area contributed by atoms with E-state index in [1.165, 1.54) is 0 Å². The number of hydrogen-bond donors (Lipinski definition) is 0. The molecule has 0 N–H and O–H groups in total. The Bertz CT molecular complexity index is 581. The SMILES string of the molecule is Cc1cc(N2C[C@H](O[Si](C)(C)C(C)(C)C)CC2=O)ccc1Br. The third kappa shape index (κ3) is 3.63. The quantitative estimate of drug-likeness (QED) is 0.695. The summed E-state index contributed by atoms with van der Waals surface area (Å²) in [6, 6.07) is 6.04. The van der Waals surface area contributed by atoms with Crippen LogP contribution in [0.2, 0.25) is 18.1 Å². The molecule has 1 atom stereocenters. The van der Waals surface area contributed by atoms with E-state index in [1.807, 2.05) is 24.0 Å². The van der Waals surface area contributed by atoms with Crippen molar-refractivity contribution in [3.8, 4) is 0 Å². The third-order valence-corrected chi connectivity index (χ3v) is 10.2. The second-order valence-electron chi connectivity index (χ2n) is 7.64. The minimum atomic E-state index is -1.84. The highest BCUT2D eigenvalue weighted by molar-refractivity contribution is 9.10. The Morgan fingerprint density at radius 1 is 1.32 bits per heavy atom. The van der Waals surface area contributed by atoms with Crippen LogP contribution in [0.15, 0.2) is 22.7 Å². The van der Waals surface area contributed by atoms with Crippen LogP contribution in [0.1, 0.15) is 32.8 Å². The fraction of sp³-hybridized carbons (Fsp3) is 0.588. The predicted octanol–water partition coefficient (Wildman–Crippen LogP) is 4.88. The Hall–Kier alpha value is -0.653. The van der Waals surface area contributed by atoms with Gasteiger partial charge < -0.3 is 9.33 Å². The van der Waals surface area contributed by atoms with Gasteiger partial charge in [0.05, 0.1) is 19.1 Å².